The van der Waals surface area contributed by atoms with Crippen LogP contribution in [-0.2, 0) is 6.42 Å². The number of hydrogen-bond donors (Lipinski definition) is 1. The van der Waals surface area contributed by atoms with Crippen LogP contribution < -0.4 is 10.5 Å². The molecular formula is C12H15NOS. The molecule has 0 saturated heterocycles. The van der Waals surface area contributed by atoms with Crippen molar-refractivity contribution in [2.45, 2.75) is 13.3 Å². The molecule has 0 saturated carbocycles. The molecule has 0 atom stereocenters. The van der Waals surface area contributed by atoms with Crippen LogP contribution in [0, 0.1) is 6.92 Å². The molecule has 0 fully saturated rings. The summed E-state index contributed by atoms with van der Waals surface area (Å²) >= 11 is 1.81. The van der Waals surface area contributed by atoms with Crippen LogP contribution in [0.25, 0.3) is 10.1 Å². The average molecular weight is 221 g/mol. The first-order valence-corrected chi connectivity index (χ1v) is 5.84. The molecule has 0 aliphatic rings. The minimum Gasteiger partial charge on any atom is -0.497 e. The third kappa shape index (κ3) is 1.85. The zero-order valence-electron chi connectivity index (χ0n) is 9.04. The van der Waals surface area contributed by atoms with Gasteiger partial charge in [0.05, 0.1) is 7.11 Å². The van der Waals surface area contributed by atoms with Gasteiger partial charge in [-0.2, -0.15) is 0 Å². The maximum atomic E-state index is 5.62. The van der Waals surface area contributed by atoms with Gasteiger partial charge in [-0.1, -0.05) is 0 Å². The van der Waals surface area contributed by atoms with Gasteiger partial charge in [-0.05, 0) is 49.0 Å². The number of benzene rings is 1. The summed E-state index contributed by atoms with van der Waals surface area (Å²) in [5.41, 5.74) is 7.00. The lowest BCUT2D eigenvalue weighted by molar-refractivity contribution is 0.415. The van der Waals surface area contributed by atoms with Crippen molar-refractivity contribution in [3.05, 3.63) is 28.6 Å². The Morgan fingerprint density at radius 1 is 1.40 bits per heavy atom. The van der Waals surface area contributed by atoms with E-state index >= 15 is 0 Å². The largest absolute Gasteiger partial charge is 0.497 e. The Morgan fingerprint density at radius 3 is 2.87 bits per heavy atom. The molecule has 0 aliphatic heterocycles. The summed E-state index contributed by atoms with van der Waals surface area (Å²) in [5, 5.41) is 1.32. The van der Waals surface area contributed by atoms with Crippen LogP contribution in [0.5, 0.6) is 5.75 Å². The number of ether oxygens (including phenoxy) is 1. The van der Waals surface area contributed by atoms with Crippen molar-refractivity contribution in [3.8, 4) is 5.75 Å². The highest BCUT2D eigenvalue weighted by molar-refractivity contribution is 7.19. The molecule has 0 bridgehead atoms. The Hall–Kier alpha value is -1.06. The van der Waals surface area contributed by atoms with Gasteiger partial charge in [0.25, 0.3) is 0 Å². The molecule has 0 radical (unpaired) electrons. The second kappa shape index (κ2) is 4.21. The molecule has 1 aromatic heterocycles. The highest BCUT2D eigenvalue weighted by Gasteiger charge is 2.08. The van der Waals surface area contributed by atoms with E-state index in [-0.39, 0.29) is 0 Å². The molecule has 3 heteroatoms. The Labute approximate surface area is 93.7 Å². The normalized spacial score (nSPS) is 10.9. The van der Waals surface area contributed by atoms with E-state index in [1.54, 1.807) is 7.11 Å². The number of nitrogens with two attached hydrogens (primary N) is 1. The maximum Gasteiger partial charge on any atom is 0.120 e. The van der Waals surface area contributed by atoms with Gasteiger partial charge < -0.3 is 10.5 Å². The van der Waals surface area contributed by atoms with Gasteiger partial charge >= 0.3 is 0 Å². The van der Waals surface area contributed by atoms with Crippen LogP contribution in [0.15, 0.2) is 18.2 Å². The predicted octanol–water partition coefficient (Wildman–Crippen LogP) is 2.72. The van der Waals surface area contributed by atoms with E-state index in [0.717, 1.165) is 12.2 Å². The average Bonchev–Trinajstić information content (AvgIpc) is 2.55. The minimum absolute atomic E-state index is 0.707. The molecule has 2 nitrogen and oxygen atoms in total. The van der Waals surface area contributed by atoms with E-state index < -0.39 is 0 Å². The van der Waals surface area contributed by atoms with E-state index in [0.29, 0.717) is 6.54 Å². The van der Waals surface area contributed by atoms with Gasteiger partial charge in [0.15, 0.2) is 0 Å². The van der Waals surface area contributed by atoms with Crippen LogP contribution >= 0.6 is 11.3 Å². The molecule has 2 aromatic rings. The maximum absolute atomic E-state index is 5.62. The number of aryl methyl sites for hydroxylation is 1. The predicted molar refractivity (Wildman–Crippen MR) is 65.9 cm³/mol. The molecule has 15 heavy (non-hydrogen) atoms. The smallest absolute Gasteiger partial charge is 0.120 e. The van der Waals surface area contributed by atoms with Gasteiger partial charge in [0.1, 0.15) is 5.75 Å². The summed E-state index contributed by atoms with van der Waals surface area (Å²) in [4.78, 5) is 1.36. The number of fused-ring (bicyclic) bond motifs is 1. The quantitative estimate of drug-likeness (QED) is 0.865. The van der Waals surface area contributed by atoms with Crippen LogP contribution in [0.3, 0.4) is 0 Å². The standard InChI is InChI=1S/C12H15NOS/c1-8-10(5-6-13)11-4-3-9(14-2)7-12(11)15-8/h3-4,7H,5-6,13H2,1-2H3. The monoisotopic (exact) mass is 221 g/mol. The van der Waals surface area contributed by atoms with Crippen molar-refractivity contribution < 1.29 is 4.74 Å². The summed E-state index contributed by atoms with van der Waals surface area (Å²) in [5.74, 6) is 0.919. The van der Waals surface area contributed by atoms with E-state index in [2.05, 4.69) is 19.1 Å². The van der Waals surface area contributed by atoms with Crippen molar-refractivity contribution in [3.63, 3.8) is 0 Å². The van der Waals surface area contributed by atoms with Crippen molar-refractivity contribution in [1.29, 1.82) is 0 Å². The number of hydrogen-bond acceptors (Lipinski definition) is 3. The Morgan fingerprint density at radius 2 is 2.20 bits per heavy atom. The molecule has 2 N–H and O–H groups in total. The highest BCUT2D eigenvalue weighted by atomic mass is 32.1. The second-order valence-corrected chi connectivity index (χ2v) is 4.79. The van der Waals surface area contributed by atoms with Crippen LogP contribution in [0.2, 0.25) is 0 Å². The number of methoxy groups -OCH3 is 1. The third-order valence-electron chi connectivity index (χ3n) is 2.60. The zero-order valence-corrected chi connectivity index (χ0v) is 9.86. The molecule has 0 unspecified atom stereocenters. The van der Waals surface area contributed by atoms with Crippen LogP contribution in [0.4, 0.5) is 0 Å². The van der Waals surface area contributed by atoms with E-state index in [9.17, 15) is 0 Å². The van der Waals surface area contributed by atoms with Crippen LogP contribution in [-0.4, -0.2) is 13.7 Å². The molecule has 80 valence electrons. The third-order valence-corrected chi connectivity index (χ3v) is 3.71. The fraction of sp³-hybridized carbons (Fsp3) is 0.333. The fourth-order valence-electron chi connectivity index (χ4n) is 1.83. The molecule has 0 aliphatic carbocycles. The summed E-state index contributed by atoms with van der Waals surface area (Å²) in [6.45, 7) is 2.86. The van der Waals surface area contributed by atoms with Gasteiger partial charge in [-0.25, -0.2) is 0 Å². The SMILES string of the molecule is COc1ccc2c(CCN)c(C)sc2c1. The molecule has 0 spiro atoms. The van der Waals surface area contributed by atoms with Gasteiger partial charge in [-0.3, -0.25) is 0 Å². The highest BCUT2D eigenvalue weighted by Crippen LogP contribution is 2.33. The molecular weight excluding hydrogens is 206 g/mol. The van der Waals surface area contributed by atoms with E-state index in [1.165, 1.54) is 20.5 Å². The van der Waals surface area contributed by atoms with Gasteiger partial charge in [0.2, 0.25) is 0 Å². The van der Waals surface area contributed by atoms with Gasteiger partial charge in [-0.15, -0.1) is 11.3 Å². The lowest BCUT2D eigenvalue weighted by atomic mass is 10.1. The Balaban J connectivity index is 2.58. The first kappa shape index (κ1) is 10.5. The lowest BCUT2D eigenvalue weighted by Gasteiger charge is -2.00. The zero-order chi connectivity index (χ0) is 10.8. The summed E-state index contributed by atoms with van der Waals surface area (Å²) in [6.07, 6.45) is 0.957. The van der Waals surface area contributed by atoms with Crippen molar-refractivity contribution in [2.24, 2.45) is 5.73 Å². The molecule has 0 amide bonds. The first-order chi connectivity index (χ1) is 7.26. The second-order valence-electron chi connectivity index (χ2n) is 3.54. The lowest BCUT2D eigenvalue weighted by Crippen LogP contribution is -2.02. The summed E-state index contributed by atoms with van der Waals surface area (Å²) < 4.78 is 6.50. The summed E-state index contributed by atoms with van der Waals surface area (Å²) in [6, 6.07) is 6.23. The van der Waals surface area contributed by atoms with Crippen molar-refractivity contribution in [2.75, 3.05) is 13.7 Å². The number of rotatable bonds is 3. The van der Waals surface area contributed by atoms with Gasteiger partial charge in [0, 0.05) is 9.58 Å². The Bertz CT molecular complexity index is 476. The first-order valence-electron chi connectivity index (χ1n) is 5.02. The van der Waals surface area contributed by atoms with E-state index in [4.69, 9.17) is 10.5 Å². The fourth-order valence-corrected chi connectivity index (χ4v) is 2.98. The van der Waals surface area contributed by atoms with Crippen molar-refractivity contribution >= 4 is 21.4 Å². The van der Waals surface area contributed by atoms with E-state index in [1.807, 2.05) is 17.4 Å². The molecule has 1 heterocycles. The van der Waals surface area contributed by atoms with Crippen molar-refractivity contribution in [1.82, 2.24) is 0 Å². The summed E-state index contributed by atoms with van der Waals surface area (Å²) in [7, 11) is 1.70. The molecule has 2 rings (SSSR count). The number of thiophene rings is 1. The molecule has 1 aromatic carbocycles. The topological polar surface area (TPSA) is 35.2 Å². The van der Waals surface area contributed by atoms with Crippen LogP contribution in [0.1, 0.15) is 10.4 Å². The minimum atomic E-state index is 0.707. The Kier molecular flexibility index (Phi) is 2.93.